The predicted octanol–water partition coefficient (Wildman–Crippen LogP) is 5.38. The Bertz CT molecular complexity index is 2100. The summed E-state index contributed by atoms with van der Waals surface area (Å²) in [6, 6.07) is 11.0. The summed E-state index contributed by atoms with van der Waals surface area (Å²) in [5, 5.41) is 31.3. The van der Waals surface area contributed by atoms with E-state index in [9.17, 15) is 23.6 Å². The number of sulfonamides is 1. The third-order valence-electron chi connectivity index (χ3n) is 7.99. The highest BCUT2D eigenvalue weighted by Crippen LogP contribution is 2.39. The summed E-state index contributed by atoms with van der Waals surface area (Å²) in [6.07, 6.45) is 1.22. The average Bonchev–Trinajstić information content (AvgIpc) is 3.61. The molecule has 2 aromatic carbocycles. The number of thiophene rings is 1. The lowest BCUT2D eigenvalue weighted by molar-refractivity contribution is -0.137. The first-order valence-electron chi connectivity index (χ1n) is 13.8. The molecule has 3 aromatic heterocycles. The third kappa shape index (κ3) is 5.17. The number of aryl methyl sites for hydroxylation is 2. The van der Waals surface area contributed by atoms with Gasteiger partial charge in [-0.25, -0.2) is 18.1 Å². The minimum absolute atomic E-state index is 0.0171. The molecule has 0 spiro atoms. The van der Waals surface area contributed by atoms with Crippen molar-refractivity contribution in [2.45, 2.75) is 50.2 Å². The van der Waals surface area contributed by atoms with Gasteiger partial charge in [0.1, 0.15) is 28.1 Å². The summed E-state index contributed by atoms with van der Waals surface area (Å²) in [4.78, 5) is 16.3. The Hall–Kier alpha value is -4.09. The lowest BCUT2D eigenvalue weighted by Crippen LogP contribution is -2.36. The number of ether oxygens (including phenoxy) is 1. The minimum atomic E-state index is -4.06. The molecule has 5 aromatic rings. The van der Waals surface area contributed by atoms with Gasteiger partial charge in [-0.1, -0.05) is 29.8 Å². The van der Waals surface area contributed by atoms with E-state index in [1.807, 2.05) is 37.4 Å². The fourth-order valence-electron chi connectivity index (χ4n) is 5.80. The van der Waals surface area contributed by atoms with Crippen LogP contribution < -0.4 is 4.74 Å². The van der Waals surface area contributed by atoms with Gasteiger partial charge in [-0.15, -0.1) is 16.4 Å². The van der Waals surface area contributed by atoms with E-state index < -0.39 is 28.0 Å². The van der Waals surface area contributed by atoms with Crippen molar-refractivity contribution in [3.63, 3.8) is 0 Å². The number of rotatable bonds is 7. The molecule has 2 atom stereocenters. The maximum atomic E-state index is 14.0. The van der Waals surface area contributed by atoms with Gasteiger partial charge in [-0.2, -0.15) is 9.57 Å². The van der Waals surface area contributed by atoms with Crippen LogP contribution in [0.3, 0.4) is 0 Å². The highest BCUT2D eigenvalue weighted by Gasteiger charge is 2.36. The van der Waals surface area contributed by atoms with E-state index in [2.05, 4.69) is 21.4 Å². The Labute approximate surface area is 262 Å². The summed E-state index contributed by atoms with van der Waals surface area (Å²) in [7, 11) is -2.36. The number of pyridine rings is 1. The lowest BCUT2D eigenvalue weighted by atomic mass is 9.83. The van der Waals surface area contributed by atoms with Crippen molar-refractivity contribution >= 4 is 60.0 Å². The topological polar surface area (TPSA) is 151 Å². The normalized spacial score (nSPS) is 17.1. The Balaban J connectivity index is 1.50. The Kier molecular flexibility index (Phi) is 7.79. The van der Waals surface area contributed by atoms with Gasteiger partial charge in [-0.3, -0.25) is 4.79 Å². The maximum Gasteiger partial charge on any atom is 0.304 e. The number of halogens is 1. The van der Waals surface area contributed by atoms with E-state index >= 15 is 0 Å². The van der Waals surface area contributed by atoms with Crippen LogP contribution in [0.1, 0.15) is 53.5 Å². The van der Waals surface area contributed by atoms with E-state index in [0.717, 1.165) is 21.2 Å². The van der Waals surface area contributed by atoms with Crippen LogP contribution in [-0.4, -0.2) is 56.4 Å². The van der Waals surface area contributed by atoms with E-state index in [0.29, 0.717) is 34.1 Å². The van der Waals surface area contributed by atoms with Gasteiger partial charge in [0.05, 0.1) is 23.6 Å². The molecule has 11 nitrogen and oxygen atoms in total. The van der Waals surface area contributed by atoms with Gasteiger partial charge >= 0.3 is 5.97 Å². The molecule has 226 valence electrons. The van der Waals surface area contributed by atoms with Gasteiger partial charge in [0.2, 0.25) is 15.9 Å². The predicted molar refractivity (Wildman–Crippen MR) is 165 cm³/mol. The first-order valence-corrected chi connectivity index (χ1v) is 16.5. The number of fused-ring (bicyclic) bond motifs is 3. The molecule has 0 bridgehead atoms. The molecule has 0 saturated carbocycles. The van der Waals surface area contributed by atoms with Crippen molar-refractivity contribution in [3.8, 4) is 11.9 Å². The molecule has 0 fully saturated rings. The molecule has 4 heterocycles. The van der Waals surface area contributed by atoms with Crippen LogP contribution in [0.25, 0.3) is 21.1 Å². The van der Waals surface area contributed by atoms with Crippen molar-refractivity contribution in [1.29, 1.82) is 5.26 Å². The molecule has 1 aliphatic heterocycles. The first kappa shape index (κ1) is 30.0. The Morgan fingerprint density at radius 2 is 2.11 bits per heavy atom. The zero-order chi connectivity index (χ0) is 31.3. The van der Waals surface area contributed by atoms with Crippen molar-refractivity contribution in [3.05, 3.63) is 74.7 Å². The number of carboxylic acids is 1. The number of nitriles is 1. The first-order chi connectivity index (χ1) is 21.0. The number of nitrogens with zero attached hydrogens (tertiary/aromatic N) is 6. The minimum Gasteiger partial charge on any atom is -0.481 e. The molecule has 0 saturated heterocycles. The number of carboxylic acid groups (broad SMARTS) is 1. The lowest BCUT2D eigenvalue weighted by Gasteiger charge is -2.24. The van der Waals surface area contributed by atoms with Crippen LogP contribution in [0.15, 0.2) is 46.8 Å². The van der Waals surface area contributed by atoms with Crippen molar-refractivity contribution in [1.82, 2.24) is 24.3 Å². The molecule has 1 N–H and O–H groups in total. The van der Waals surface area contributed by atoms with Crippen LogP contribution in [0.4, 0.5) is 0 Å². The highest BCUT2D eigenvalue weighted by atomic mass is 35.5. The molecule has 14 heteroatoms. The number of benzene rings is 2. The second-order valence-electron chi connectivity index (χ2n) is 10.7. The molecule has 1 aliphatic rings. The van der Waals surface area contributed by atoms with E-state index in [4.69, 9.17) is 16.3 Å². The number of hydrogen-bond acceptors (Lipinski definition) is 9. The summed E-state index contributed by atoms with van der Waals surface area (Å²) >= 11 is 7.63. The SMILES string of the molecule is CC[C@@H]1CN(Cc2cc(C(CC(=O)O)c3cc(C#N)c4c(nnn4C)c3C)cc3ccsc23)S(=O)(=O)c2cc(Cl)cnc2O1. The van der Waals surface area contributed by atoms with E-state index in [1.165, 1.54) is 32.6 Å². The van der Waals surface area contributed by atoms with Crippen LogP contribution in [0, 0.1) is 18.3 Å². The molecule has 1 unspecified atom stereocenters. The zero-order valence-corrected chi connectivity index (χ0v) is 26.4. The quantitative estimate of drug-likeness (QED) is 0.245. The number of aromatic nitrogens is 4. The Morgan fingerprint density at radius 1 is 1.32 bits per heavy atom. The standard InChI is InChI=1S/C30H27ClN6O5S2/c1-4-22-15-37(44(40,41)25-10-21(31)13-33-30(25)42-22)14-20-8-18(7-17-5-6-43-29(17)20)24(11-26(38)39)23-9-19(12-32)28-27(16(23)2)34-35-36(28)3/h5-10,13,22,24H,4,11,14-15H2,1-3H3,(H,38,39)/t22-,24?/m1/s1. The van der Waals surface area contributed by atoms with Gasteiger partial charge in [0, 0.05) is 30.4 Å². The largest absolute Gasteiger partial charge is 0.481 e. The number of carbonyl (C=O) groups is 1. The van der Waals surface area contributed by atoms with Crippen molar-refractivity contribution in [2.24, 2.45) is 7.05 Å². The van der Waals surface area contributed by atoms with Crippen molar-refractivity contribution < 1.29 is 23.1 Å². The second-order valence-corrected chi connectivity index (χ2v) is 14.0. The van der Waals surface area contributed by atoms with E-state index in [-0.39, 0.29) is 35.3 Å². The molecule has 0 aliphatic carbocycles. The van der Waals surface area contributed by atoms with Crippen LogP contribution >= 0.6 is 22.9 Å². The maximum absolute atomic E-state index is 14.0. The Morgan fingerprint density at radius 3 is 2.84 bits per heavy atom. The summed E-state index contributed by atoms with van der Waals surface area (Å²) < 4.78 is 37.7. The van der Waals surface area contributed by atoms with Gasteiger partial charge < -0.3 is 9.84 Å². The summed E-state index contributed by atoms with van der Waals surface area (Å²) in [6.45, 7) is 3.87. The smallest absolute Gasteiger partial charge is 0.304 e. The third-order valence-corrected chi connectivity index (χ3v) is 11.0. The fourth-order valence-corrected chi connectivity index (χ4v) is 8.46. The molecule has 6 rings (SSSR count). The molecular formula is C30H27ClN6O5S2. The second kappa shape index (κ2) is 11.4. The van der Waals surface area contributed by atoms with Gasteiger partial charge in [0.25, 0.3) is 0 Å². The summed E-state index contributed by atoms with van der Waals surface area (Å²) in [5.41, 5.74) is 4.22. The van der Waals surface area contributed by atoms with Gasteiger partial charge in [0.15, 0.2) is 0 Å². The monoisotopic (exact) mass is 650 g/mol. The van der Waals surface area contributed by atoms with Crippen molar-refractivity contribution in [2.75, 3.05) is 6.54 Å². The molecular weight excluding hydrogens is 624 g/mol. The average molecular weight is 651 g/mol. The highest BCUT2D eigenvalue weighted by molar-refractivity contribution is 7.89. The summed E-state index contributed by atoms with van der Waals surface area (Å²) in [5.74, 6) is -1.65. The van der Waals surface area contributed by atoms with Gasteiger partial charge in [-0.05, 0) is 70.6 Å². The molecule has 0 amide bonds. The molecule has 0 radical (unpaired) electrons. The van der Waals surface area contributed by atoms with Crippen LogP contribution in [0.2, 0.25) is 5.02 Å². The molecule has 44 heavy (non-hydrogen) atoms. The fraction of sp³-hybridized carbons (Fsp3) is 0.300. The van der Waals surface area contributed by atoms with Crippen LogP contribution in [-0.2, 0) is 28.4 Å². The number of aliphatic carboxylic acids is 1. The van der Waals surface area contributed by atoms with E-state index in [1.54, 1.807) is 13.1 Å². The van der Waals surface area contributed by atoms with Crippen LogP contribution in [0.5, 0.6) is 5.88 Å². The number of hydrogen-bond donors (Lipinski definition) is 1. The zero-order valence-electron chi connectivity index (χ0n) is 24.0.